The number of hydrogen-bond donors (Lipinski definition) is 0. The van der Waals surface area contributed by atoms with E-state index in [0.29, 0.717) is 9.08 Å². The summed E-state index contributed by atoms with van der Waals surface area (Å²) in [4.78, 5) is 14.9. The molecule has 1 heterocycles. The van der Waals surface area contributed by atoms with Crippen LogP contribution in [0.5, 0.6) is 0 Å². The zero-order chi connectivity index (χ0) is 12.3. The van der Waals surface area contributed by atoms with E-state index in [-0.39, 0.29) is 17.7 Å². The molecule has 0 amide bonds. The molecule has 0 bridgehead atoms. The summed E-state index contributed by atoms with van der Waals surface area (Å²) in [5, 5.41) is 0. The molecule has 0 saturated heterocycles. The topological polar surface area (TPSA) is 39.2 Å². The second-order valence-corrected chi connectivity index (χ2v) is 4.46. The van der Waals surface area contributed by atoms with Crippen LogP contribution >= 0.6 is 31.9 Å². The highest BCUT2D eigenvalue weighted by atomic mass is 79.9. The summed E-state index contributed by atoms with van der Waals surface area (Å²) in [7, 11) is 1.19. The van der Waals surface area contributed by atoms with E-state index in [1.165, 1.54) is 13.2 Å². The Balaban J connectivity index is 3.14. The van der Waals surface area contributed by atoms with Gasteiger partial charge in [0.05, 0.1) is 23.7 Å². The number of carbonyl (C=O) groups excluding carboxylic acids is 1. The highest BCUT2D eigenvalue weighted by Crippen LogP contribution is 2.29. The molecule has 0 aliphatic heterocycles. The third kappa shape index (κ3) is 3.21. The Morgan fingerprint density at radius 2 is 2.19 bits per heavy atom. The van der Waals surface area contributed by atoms with Crippen molar-refractivity contribution in [3.8, 4) is 0 Å². The van der Waals surface area contributed by atoms with E-state index in [1.807, 2.05) is 0 Å². The predicted molar refractivity (Wildman–Crippen MR) is 60.3 cm³/mol. The Kier molecular flexibility index (Phi) is 4.79. The Hall–Kier alpha value is -0.560. The first kappa shape index (κ1) is 13.5. The maximum atomic E-state index is 12.7. The molecule has 0 unspecified atom stereocenters. The van der Waals surface area contributed by atoms with E-state index in [1.54, 1.807) is 0 Å². The first-order valence-electron chi connectivity index (χ1n) is 4.15. The van der Waals surface area contributed by atoms with Crippen molar-refractivity contribution in [2.75, 3.05) is 7.11 Å². The van der Waals surface area contributed by atoms with E-state index < -0.39 is 12.4 Å². The Morgan fingerprint density at radius 3 is 2.69 bits per heavy atom. The van der Waals surface area contributed by atoms with Gasteiger partial charge in [0.15, 0.2) is 0 Å². The van der Waals surface area contributed by atoms with Gasteiger partial charge in [0, 0.05) is 5.56 Å². The molecular weight excluding hydrogens is 352 g/mol. The molecule has 0 aliphatic carbocycles. The molecule has 88 valence electrons. The van der Waals surface area contributed by atoms with Gasteiger partial charge in [-0.15, -0.1) is 0 Å². The Labute approximate surface area is 107 Å². The number of carbonyl (C=O) groups is 1. The predicted octanol–water partition coefficient (Wildman–Crippen LogP) is 3.26. The van der Waals surface area contributed by atoms with Crippen molar-refractivity contribution >= 4 is 37.8 Å². The Bertz CT molecular complexity index is 413. The maximum Gasteiger partial charge on any atom is 0.311 e. The molecule has 0 spiro atoms. The largest absolute Gasteiger partial charge is 0.469 e. The van der Waals surface area contributed by atoms with Crippen molar-refractivity contribution in [1.82, 2.24) is 4.98 Å². The number of halogens is 4. The normalized spacial score (nSPS) is 10.6. The smallest absolute Gasteiger partial charge is 0.311 e. The van der Waals surface area contributed by atoms with Gasteiger partial charge >= 0.3 is 5.97 Å². The molecule has 1 aromatic rings. The molecule has 0 atom stereocenters. The monoisotopic (exact) mass is 357 g/mol. The van der Waals surface area contributed by atoms with E-state index in [9.17, 15) is 13.6 Å². The molecule has 0 aliphatic rings. The molecule has 0 fully saturated rings. The standard InChI is InChI=1S/C9H7Br2F2NO2/c1-16-7(15)3-6-4(9(12)13)2-5(10)8(11)14-6/h2,9H,3H2,1H3. The summed E-state index contributed by atoms with van der Waals surface area (Å²) in [6.45, 7) is 0. The van der Waals surface area contributed by atoms with Crippen LogP contribution in [0.25, 0.3) is 0 Å². The first-order chi connectivity index (χ1) is 7.45. The van der Waals surface area contributed by atoms with Crippen LogP contribution in [0.15, 0.2) is 15.1 Å². The quantitative estimate of drug-likeness (QED) is 0.615. The molecule has 0 N–H and O–H groups in total. The van der Waals surface area contributed by atoms with Gasteiger partial charge in [0.2, 0.25) is 0 Å². The van der Waals surface area contributed by atoms with Crippen molar-refractivity contribution in [3.63, 3.8) is 0 Å². The number of aromatic nitrogens is 1. The number of ether oxygens (including phenoxy) is 1. The highest BCUT2D eigenvalue weighted by Gasteiger charge is 2.19. The number of methoxy groups -OCH3 is 1. The van der Waals surface area contributed by atoms with Crippen LogP contribution in [-0.2, 0) is 16.0 Å². The van der Waals surface area contributed by atoms with Gasteiger partial charge in [0.25, 0.3) is 6.43 Å². The van der Waals surface area contributed by atoms with Crippen molar-refractivity contribution in [3.05, 3.63) is 26.4 Å². The van der Waals surface area contributed by atoms with E-state index in [0.717, 1.165) is 0 Å². The fourth-order valence-electron chi connectivity index (χ4n) is 1.06. The van der Waals surface area contributed by atoms with E-state index >= 15 is 0 Å². The number of hydrogen-bond acceptors (Lipinski definition) is 3. The van der Waals surface area contributed by atoms with Crippen molar-refractivity contribution in [2.45, 2.75) is 12.8 Å². The van der Waals surface area contributed by atoms with Crippen molar-refractivity contribution in [1.29, 1.82) is 0 Å². The number of nitrogens with zero attached hydrogens (tertiary/aromatic N) is 1. The van der Waals surface area contributed by atoms with Crippen LogP contribution < -0.4 is 0 Å². The Morgan fingerprint density at radius 1 is 1.56 bits per heavy atom. The lowest BCUT2D eigenvalue weighted by Crippen LogP contribution is -2.09. The number of pyridine rings is 1. The average molecular weight is 359 g/mol. The molecule has 3 nitrogen and oxygen atoms in total. The molecule has 7 heteroatoms. The zero-order valence-electron chi connectivity index (χ0n) is 8.14. The van der Waals surface area contributed by atoms with Crippen LogP contribution in [0, 0.1) is 0 Å². The van der Waals surface area contributed by atoms with Gasteiger partial charge < -0.3 is 4.74 Å². The van der Waals surface area contributed by atoms with Crippen molar-refractivity contribution < 1.29 is 18.3 Å². The van der Waals surface area contributed by atoms with Crippen LogP contribution in [0.1, 0.15) is 17.7 Å². The van der Waals surface area contributed by atoms with E-state index in [2.05, 4.69) is 41.6 Å². The zero-order valence-corrected chi connectivity index (χ0v) is 11.3. The number of esters is 1. The molecule has 1 aromatic heterocycles. The fraction of sp³-hybridized carbons (Fsp3) is 0.333. The maximum absolute atomic E-state index is 12.7. The molecule has 0 aromatic carbocycles. The lowest BCUT2D eigenvalue weighted by Gasteiger charge is -2.08. The van der Waals surface area contributed by atoms with E-state index in [4.69, 9.17) is 0 Å². The summed E-state index contributed by atoms with van der Waals surface area (Å²) in [5.41, 5.74) is -0.266. The fourth-order valence-corrected chi connectivity index (χ4v) is 1.72. The minimum atomic E-state index is -2.68. The third-order valence-electron chi connectivity index (χ3n) is 1.82. The summed E-state index contributed by atoms with van der Waals surface area (Å²) >= 11 is 6.16. The number of alkyl halides is 2. The minimum absolute atomic E-state index is 0.0110. The van der Waals surface area contributed by atoms with Gasteiger partial charge in [-0.25, -0.2) is 13.8 Å². The lowest BCUT2D eigenvalue weighted by molar-refractivity contribution is -0.139. The summed E-state index contributed by atoms with van der Waals surface area (Å²) in [6.07, 6.45) is -2.96. The van der Waals surface area contributed by atoms with Gasteiger partial charge in [-0.05, 0) is 37.9 Å². The second kappa shape index (κ2) is 5.67. The van der Waals surface area contributed by atoms with Crippen LogP contribution in [0.4, 0.5) is 8.78 Å². The lowest BCUT2D eigenvalue weighted by atomic mass is 10.1. The molecular formula is C9H7Br2F2NO2. The average Bonchev–Trinajstić information content (AvgIpc) is 2.22. The third-order valence-corrected chi connectivity index (χ3v) is 3.56. The summed E-state index contributed by atoms with van der Waals surface area (Å²) in [5.74, 6) is -0.608. The summed E-state index contributed by atoms with van der Waals surface area (Å²) in [6, 6.07) is 1.24. The highest BCUT2D eigenvalue weighted by molar-refractivity contribution is 9.13. The van der Waals surface area contributed by atoms with Crippen LogP contribution in [0.3, 0.4) is 0 Å². The molecule has 16 heavy (non-hydrogen) atoms. The SMILES string of the molecule is COC(=O)Cc1nc(Br)c(Br)cc1C(F)F. The first-order valence-corrected chi connectivity index (χ1v) is 5.74. The second-order valence-electron chi connectivity index (χ2n) is 2.85. The van der Waals surface area contributed by atoms with Crippen LogP contribution in [-0.4, -0.2) is 18.1 Å². The van der Waals surface area contributed by atoms with Gasteiger partial charge in [0.1, 0.15) is 4.60 Å². The van der Waals surface area contributed by atoms with Gasteiger partial charge in [-0.3, -0.25) is 4.79 Å². The van der Waals surface area contributed by atoms with Crippen LogP contribution in [0.2, 0.25) is 0 Å². The van der Waals surface area contributed by atoms with Crippen molar-refractivity contribution in [2.24, 2.45) is 0 Å². The summed E-state index contributed by atoms with van der Waals surface area (Å²) < 4.78 is 30.5. The number of rotatable bonds is 3. The molecule has 0 saturated carbocycles. The van der Waals surface area contributed by atoms with Gasteiger partial charge in [-0.2, -0.15) is 0 Å². The molecule has 0 radical (unpaired) electrons. The van der Waals surface area contributed by atoms with Gasteiger partial charge in [-0.1, -0.05) is 0 Å². The molecule has 1 rings (SSSR count). The minimum Gasteiger partial charge on any atom is -0.469 e.